The number of anilines is 1. The van der Waals surface area contributed by atoms with Crippen LogP contribution in [0.3, 0.4) is 0 Å². The molecular formula is C11H16N2O4S2. The van der Waals surface area contributed by atoms with Crippen LogP contribution < -0.4 is 4.90 Å². The standard InChI is InChI=1S/C11H16N2O4S2/c1-11(2,9(14)15)8-7-18-10(12-8)13-3-5-19(16,17)6-4-13/h7H,3-6H2,1-2H3,(H,14,15). The van der Waals surface area contributed by atoms with Crippen molar-refractivity contribution in [3.8, 4) is 0 Å². The molecule has 0 bridgehead atoms. The second-order valence-electron chi connectivity index (χ2n) is 5.08. The molecule has 1 aliphatic heterocycles. The molecule has 6 nitrogen and oxygen atoms in total. The van der Waals surface area contributed by atoms with Gasteiger partial charge in [0.15, 0.2) is 15.0 Å². The predicted octanol–water partition coefficient (Wildman–Crippen LogP) is 0.740. The van der Waals surface area contributed by atoms with Crippen molar-refractivity contribution in [2.75, 3.05) is 29.5 Å². The molecule has 2 rings (SSSR count). The SMILES string of the molecule is CC(C)(C(=O)O)c1csc(N2CCS(=O)(=O)CC2)n1. The van der Waals surface area contributed by atoms with Gasteiger partial charge in [-0.15, -0.1) is 11.3 Å². The van der Waals surface area contributed by atoms with Crippen molar-refractivity contribution < 1.29 is 18.3 Å². The van der Waals surface area contributed by atoms with Crippen molar-refractivity contribution in [3.63, 3.8) is 0 Å². The second kappa shape index (κ2) is 4.75. The molecule has 1 fully saturated rings. The van der Waals surface area contributed by atoms with Crippen molar-refractivity contribution >= 4 is 32.3 Å². The minimum absolute atomic E-state index is 0.129. The lowest BCUT2D eigenvalue weighted by Crippen LogP contribution is -2.40. The highest BCUT2D eigenvalue weighted by molar-refractivity contribution is 7.91. The molecule has 0 aliphatic carbocycles. The fourth-order valence-corrected chi connectivity index (χ4v) is 3.96. The molecule has 0 aromatic carbocycles. The summed E-state index contributed by atoms with van der Waals surface area (Å²) in [5, 5.41) is 11.6. The third-order valence-electron chi connectivity index (χ3n) is 3.28. The summed E-state index contributed by atoms with van der Waals surface area (Å²) >= 11 is 1.36. The normalized spacial score (nSPS) is 19.4. The predicted molar refractivity (Wildman–Crippen MR) is 73.6 cm³/mol. The Hall–Kier alpha value is -1.15. The monoisotopic (exact) mass is 304 g/mol. The number of aromatic nitrogens is 1. The van der Waals surface area contributed by atoms with Crippen molar-refractivity contribution in [1.82, 2.24) is 4.98 Å². The van der Waals surface area contributed by atoms with Gasteiger partial charge in [0.2, 0.25) is 0 Å². The number of thiazole rings is 1. The molecule has 0 spiro atoms. The highest BCUT2D eigenvalue weighted by Crippen LogP contribution is 2.29. The number of hydrogen-bond acceptors (Lipinski definition) is 6. The molecule has 8 heteroatoms. The van der Waals surface area contributed by atoms with Crippen LogP contribution in [0.5, 0.6) is 0 Å². The molecule has 1 aliphatic rings. The number of aliphatic carboxylic acids is 1. The maximum absolute atomic E-state index is 11.4. The lowest BCUT2D eigenvalue weighted by molar-refractivity contribution is -0.142. The first-order valence-corrected chi connectivity index (χ1v) is 8.57. The first-order chi connectivity index (χ1) is 8.72. The summed E-state index contributed by atoms with van der Waals surface area (Å²) < 4.78 is 22.7. The average molecular weight is 304 g/mol. The van der Waals surface area contributed by atoms with Crippen LogP contribution in [-0.4, -0.2) is 49.1 Å². The molecule has 0 unspecified atom stereocenters. The fourth-order valence-electron chi connectivity index (χ4n) is 1.71. The van der Waals surface area contributed by atoms with Crippen molar-refractivity contribution in [2.45, 2.75) is 19.3 Å². The van der Waals surface area contributed by atoms with E-state index in [9.17, 15) is 13.2 Å². The summed E-state index contributed by atoms with van der Waals surface area (Å²) in [4.78, 5) is 17.4. The molecule has 19 heavy (non-hydrogen) atoms. The largest absolute Gasteiger partial charge is 0.481 e. The Morgan fingerprint density at radius 3 is 2.53 bits per heavy atom. The third kappa shape index (κ3) is 2.89. The van der Waals surface area contributed by atoms with Crippen LogP contribution in [0.25, 0.3) is 0 Å². The van der Waals surface area contributed by atoms with E-state index in [2.05, 4.69) is 4.98 Å². The molecule has 1 N–H and O–H groups in total. The smallest absolute Gasteiger partial charge is 0.315 e. The minimum Gasteiger partial charge on any atom is -0.481 e. The van der Waals surface area contributed by atoms with Gasteiger partial charge in [-0.2, -0.15) is 0 Å². The Labute approximate surface area is 116 Å². The number of nitrogens with zero attached hydrogens (tertiary/aromatic N) is 2. The lowest BCUT2D eigenvalue weighted by atomic mass is 9.90. The summed E-state index contributed by atoms with van der Waals surface area (Å²) in [6.45, 7) is 4.05. The summed E-state index contributed by atoms with van der Waals surface area (Å²) in [7, 11) is -2.92. The van der Waals surface area contributed by atoms with Crippen LogP contribution in [0.1, 0.15) is 19.5 Å². The molecule has 1 aromatic rings. The van der Waals surface area contributed by atoms with E-state index < -0.39 is 21.2 Å². The van der Waals surface area contributed by atoms with Gasteiger partial charge >= 0.3 is 5.97 Å². The van der Waals surface area contributed by atoms with Crippen molar-refractivity contribution in [1.29, 1.82) is 0 Å². The highest BCUT2D eigenvalue weighted by atomic mass is 32.2. The summed E-state index contributed by atoms with van der Waals surface area (Å²) in [5.74, 6) is -0.667. The molecule has 0 amide bonds. The minimum atomic E-state index is -2.92. The van der Waals surface area contributed by atoms with Crippen molar-refractivity contribution in [2.24, 2.45) is 0 Å². The van der Waals surface area contributed by atoms with Crippen molar-refractivity contribution in [3.05, 3.63) is 11.1 Å². The topological polar surface area (TPSA) is 87.6 Å². The Morgan fingerprint density at radius 1 is 1.42 bits per heavy atom. The zero-order chi connectivity index (χ0) is 14.3. The first kappa shape index (κ1) is 14.3. The highest BCUT2D eigenvalue weighted by Gasteiger charge is 2.33. The van der Waals surface area contributed by atoms with E-state index in [-0.39, 0.29) is 11.5 Å². The lowest BCUT2D eigenvalue weighted by Gasteiger charge is -2.26. The van der Waals surface area contributed by atoms with E-state index in [1.54, 1.807) is 19.2 Å². The Bertz CT molecular complexity index is 578. The van der Waals surface area contributed by atoms with Crippen LogP contribution in [-0.2, 0) is 20.0 Å². The van der Waals surface area contributed by atoms with Gasteiger partial charge in [-0.3, -0.25) is 4.79 Å². The summed E-state index contributed by atoms with van der Waals surface area (Å²) in [6, 6.07) is 0. The van der Waals surface area contributed by atoms with E-state index in [4.69, 9.17) is 5.11 Å². The number of carbonyl (C=O) groups is 1. The molecular weight excluding hydrogens is 288 g/mol. The third-order valence-corrected chi connectivity index (χ3v) is 5.79. The quantitative estimate of drug-likeness (QED) is 0.886. The Balaban J connectivity index is 2.17. The molecule has 1 saturated heterocycles. The molecule has 0 saturated carbocycles. The maximum Gasteiger partial charge on any atom is 0.315 e. The van der Waals surface area contributed by atoms with E-state index in [0.29, 0.717) is 23.9 Å². The van der Waals surface area contributed by atoms with E-state index in [1.807, 2.05) is 4.90 Å². The summed E-state index contributed by atoms with van der Waals surface area (Å²) in [6.07, 6.45) is 0. The number of carboxylic acid groups (broad SMARTS) is 1. The van der Waals surface area contributed by atoms with Gasteiger partial charge in [0.1, 0.15) is 5.41 Å². The zero-order valence-electron chi connectivity index (χ0n) is 10.8. The number of sulfone groups is 1. The Morgan fingerprint density at radius 2 is 2.00 bits per heavy atom. The number of rotatable bonds is 3. The van der Waals surface area contributed by atoms with Gasteiger partial charge in [0, 0.05) is 18.5 Å². The molecule has 106 valence electrons. The zero-order valence-corrected chi connectivity index (χ0v) is 12.4. The number of hydrogen-bond donors (Lipinski definition) is 1. The van der Waals surface area contributed by atoms with Gasteiger partial charge < -0.3 is 10.0 Å². The van der Waals surface area contributed by atoms with Crippen LogP contribution in [0, 0.1) is 0 Å². The average Bonchev–Trinajstić information content (AvgIpc) is 2.78. The fraction of sp³-hybridized carbons (Fsp3) is 0.636. The van der Waals surface area contributed by atoms with E-state index in [1.165, 1.54) is 11.3 Å². The number of carboxylic acids is 1. The van der Waals surface area contributed by atoms with E-state index in [0.717, 1.165) is 0 Å². The van der Waals surface area contributed by atoms with Gasteiger partial charge in [-0.25, -0.2) is 13.4 Å². The Kier molecular flexibility index (Phi) is 3.57. The second-order valence-corrected chi connectivity index (χ2v) is 8.22. The summed E-state index contributed by atoms with van der Waals surface area (Å²) in [5.41, 5.74) is -0.523. The maximum atomic E-state index is 11.4. The van der Waals surface area contributed by atoms with Crippen LogP contribution in [0.15, 0.2) is 5.38 Å². The molecule has 2 heterocycles. The molecule has 1 aromatic heterocycles. The van der Waals surface area contributed by atoms with Crippen LogP contribution >= 0.6 is 11.3 Å². The van der Waals surface area contributed by atoms with Gasteiger partial charge in [-0.05, 0) is 13.8 Å². The molecule has 0 atom stereocenters. The first-order valence-electron chi connectivity index (χ1n) is 5.87. The van der Waals surface area contributed by atoms with Gasteiger partial charge in [0.25, 0.3) is 0 Å². The van der Waals surface area contributed by atoms with Crippen LogP contribution in [0.4, 0.5) is 5.13 Å². The van der Waals surface area contributed by atoms with Gasteiger partial charge in [0.05, 0.1) is 17.2 Å². The van der Waals surface area contributed by atoms with Crippen LogP contribution in [0.2, 0.25) is 0 Å². The van der Waals surface area contributed by atoms with Gasteiger partial charge in [-0.1, -0.05) is 0 Å². The molecule has 0 radical (unpaired) electrons. The van der Waals surface area contributed by atoms with E-state index >= 15 is 0 Å².